The van der Waals surface area contributed by atoms with Gasteiger partial charge in [0.2, 0.25) is 0 Å². The lowest BCUT2D eigenvalue weighted by Gasteiger charge is -2.28. The lowest BCUT2D eigenvalue weighted by molar-refractivity contribution is -0.926. The molecule has 0 aromatic heterocycles. The maximum Gasteiger partial charge on any atom is 0.288 e. The average molecular weight is 362 g/mol. The number of nitrogens with two attached hydrogens (primary N) is 1. The van der Waals surface area contributed by atoms with Gasteiger partial charge in [-0.1, -0.05) is 48.0 Å². The van der Waals surface area contributed by atoms with Crippen molar-refractivity contribution in [2.75, 3.05) is 13.1 Å². The van der Waals surface area contributed by atoms with Gasteiger partial charge in [-0.25, -0.2) is 0 Å². The molecule has 1 aliphatic rings. The first-order valence-electron chi connectivity index (χ1n) is 8.75. The predicted octanol–water partition coefficient (Wildman–Crippen LogP) is 1.56. The van der Waals surface area contributed by atoms with Gasteiger partial charge in [0.25, 0.3) is 5.69 Å². The number of benzene rings is 2. The number of quaternary nitrogens is 2. The number of nitro groups is 1. The molecule has 0 bridgehead atoms. The summed E-state index contributed by atoms with van der Waals surface area (Å²) in [5.41, 5.74) is 2.35. The van der Waals surface area contributed by atoms with E-state index in [0.29, 0.717) is 6.04 Å². The van der Waals surface area contributed by atoms with E-state index < -0.39 is 4.92 Å². The van der Waals surface area contributed by atoms with Crippen LogP contribution in [0.4, 0.5) is 5.69 Å². The summed E-state index contributed by atoms with van der Waals surface area (Å²) in [5, 5.41) is 13.5. The Bertz CT molecular complexity index is 716. The van der Waals surface area contributed by atoms with Crippen LogP contribution in [0.2, 0.25) is 5.02 Å². The molecule has 2 aromatic carbocycles. The first kappa shape index (κ1) is 17.9. The maximum atomic E-state index is 11.0. The summed E-state index contributed by atoms with van der Waals surface area (Å²) in [4.78, 5) is 12.2. The van der Waals surface area contributed by atoms with E-state index in [1.54, 1.807) is 17.0 Å². The molecular formula is C19H24ClN3O2+2. The minimum Gasteiger partial charge on any atom is -0.340 e. The van der Waals surface area contributed by atoms with Gasteiger partial charge in [0.1, 0.15) is 18.1 Å². The predicted molar refractivity (Wildman–Crippen MR) is 97.6 cm³/mol. The minimum absolute atomic E-state index is 0.00492. The second-order valence-electron chi connectivity index (χ2n) is 6.73. The van der Waals surface area contributed by atoms with E-state index in [9.17, 15) is 10.1 Å². The number of likely N-dealkylation sites (tertiary alicyclic amines) is 1. The van der Waals surface area contributed by atoms with Gasteiger partial charge >= 0.3 is 0 Å². The Hall–Kier alpha value is -1.95. The average Bonchev–Trinajstić information content (AvgIpc) is 2.63. The van der Waals surface area contributed by atoms with Gasteiger partial charge < -0.3 is 10.2 Å². The number of piperidine rings is 1. The molecule has 1 saturated heterocycles. The first-order chi connectivity index (χ1) is 12.1. The topological polar surface area (TPSA) is 64.2 Å². The molecule has 1 heterocycles. The van der Waals surface area contributed by atoms with Crippen LogP contribution in [0.25, 0.3) is 0 Å². The van der Waals surface area contributed by atoms with Crippen molar-refractivity contribution in [2.24, 2.45) is 0 Å². The summed E-state index contributed by atoms with van der Waals surface area (Å²) >= 11 is 5.87. The molecule has 1 aliphatic heterocycles. The second-order valence-corrected chi connectivity index (χ2v) is 7.14. The Balaban J connectivity index is 1.46. The number of nitro benzene ring substituents is 1. The van der Waals surface area contributed by atoms with Gasteiger partial charge in [0.05, 0.1) is 24.1 Å². The Kier molecular flexibility index (Phi) is 6.02. The summed E-state index contributed by atoms with van der Waals surface area (Å²) in [6.45, 7) is 4.21. The first-order valence-corrected chi connectivity index (χ1v) is 9.13. The molecule has 2 aromatic rings. The summed E-state index contributed by atoms with van der Waals surface area (Å²) in [7, 11) is 0. The third-order valence-electron chi connectivity index (χ3n) is 4.93. The summed E-state index contributed by atoms with van der Waals surface area (Å²) in [6.07, 6.45) is 2.36. The molecule has 6 heteroatoms. The summed E-state index contributed by atoms with van der Waals surface area (Å²) < 4.78 is 0. The minimum atomic E-state index is -0.419. The molecular weight excluding hydrogens is 338 g/mol. The molecule has 3 rings (SSSR count). The molecule has 0 atom stereocenters. The van der Waals surface area contributed by atoms with E-state index in [0.717, 1.165) is 18.7 Å². The van der Waals surface area contributed by atoms with E-state index in [4.69, 9.17) is 11.6 Å². The zero-order valence-corrected chi connectivity index (χ0v) is 14.9. The van der Waals surface area contributed by atoms with Gasteiger partial charge in [0.15, 0.2) is 0 Å². The van der Waals surface area contributed by atoms with Crippen molar-refractivity contribution in [3.63, 3.8) is 0 Å². The van der Waals surface area contributed by atoms with Crippen molar-refractivity contribution in [1.29, 1.82) is 0 Å². The zero-order valence-electron chi connectivity index (χ0n) is 14.2. The number of nitrogens with one attached hydrogen (secondary N) is 1. The van der Waals surface area contributed by atoms with Crippen molar-refractivity contribution >= 4 is 17.3 Å². The highest BCUT2D eigenvalue weighted by Crippen LogP contribution is 2.24. The largest absolute Gasteiger partial charge is 0.340 e. The number of halogens is 1. The van der Waals surface area contributed by atoms with E-state index in [-0.39, 0.29) is 10.7 Å². The van der Waals surface area contributed by atoms with Crippen molar-refractivity contribution < 1.29 is 15.1 Å². The van der Waals surface area contributed by atoms with Gasteiger partial charge in [-0.05, 0) is 6.07 Å². The fourth-order valence-corrected chi connectivity index (χ4v) is 3.66. The number of hydrogen-bond acceptors (Lipinski definition) is 2. The van der Waals surface area contributed by atoms with Crippen molar-refractivity contribution in [3.8, 4) is 0 Å². The molecule has 1 fully saturated rings. The van der Waals surface area contributed by atoms with E-state index in [2.05, 4.69) is 35.6 Å². The lowest BCUT2D eigenvalue weighted by Crippen LogP contribution is -3.13. The van der Waals surface area contributed by atoms with Gasteiger partial charge in [-0.15, -0.1) is 0 Å². The van der Waals surface area contributed by atoms with E-state index in [1.165, 1.54) is 31.5 Å². The lowest BCUT2D eigenvalue weighted by atomic mass is 10.0. The van der Waals surface area contributed by atoms with Crippen LogP contribution in [-0.4, -0.2) is 24.1 Å². The van der Waals surface area contributed by atoms with Crippen LogP contribution in [0.1, 0.15) is 24.0 Å². The quantitative estimate of drug-likeness (QED) is 0.606. The van der Waals surface area contributed by atoms with Crippen molar-refractivity contribution in [3.05, 3.63) is 74.8 Å². The van der Waals surface area contributed by atoms with Crippen LogP contribution in [0.3, 0.4) is 0 Å². The molecule has 0 unspecified atom stereocenters. The monoisotopic (exact) mass is 361 g/mol. The standard InChI is InChI=1S/C19H22ClN3O2/c20-18-7-6-16(12-19(18)23(24)25)13-21-17-8-10-22(11-9-17)14-15-4-2-1-3-5-15/h1-7,12,17,21H,8-11,13-14H2/p+2. The van der Waals surface area contributed by atoms with E-state index >= 15 is 0 Å². The molecule has 3 N–H and O–H groups in total. The summed E-state index contributed by atoms with van der Waals surface area (Å²) in [6, 6.07) is 16.3. The molecule has 0 aliphatic carbocycles. The van der Waals surface area contributed by atoms with Crippen LogP contribution < -0.4 is 10.2 Å². The Morgan fingerprint density at radius 3 is 2.52 bits per heavy atom. The molecule has 132 valence electrons. The van der Waals surface area contributed by atoms with Crippen LogP contribution in [-0.2, 0) is 13.1 Å². The fraction of sp³-hybridized carbons (Fsp3) is 0.368. The smallest absolute Gasteiger partial charge is 0.288 e. The van der Waals surface area contributed by atoms with Gasteiger partial charge in [0, 0.05) is 30.0 Å². The highest BCUT2D eigenvalue weighted by atomic mass is 35.5. The van der Waals surface area contributed by atoms with Gasteiger partial charge in [-0.3, -0.25) is 10.1 Å². The zero-order chi connectivity index (χ0) is 17.6. The van der Waals surface area contributed by atoms with Crippen LogP contribution in [0, 0.1) is 10.1 Å². The molecule has 0 radical (unpaired) electrons. The van der Waals surface area contributed by atoms with Crippen molar-refractivity contribution in [2.45, 2.75) is 32.0 Å². The molecule has 0 saturated carbocycles. The normalized spacial score (nSPS) is 20.4. The van der Waals surface area contributed by atoms with E-state index in [1.807, 2.05) is 6.07 Å². The SMILES string of the molecule is O=[N+]([O-])c1cc(C[NH2+]C2CC[NH+](Cc3ccccc3)CC2)ccc1Cl. The Morgan fingerprint density at radius 2 is 1.84 bits per heavy atom. The third-order valence-corrected chi connectivity index (χ3v) is 5.25. The molecule has 5 nitrogen and oxygen atoms in total. The van der Waals surface area contributed by atoms with Crippen LogP contribution in [0.15, 0.2) is 48.5 Å². The van der Waals surface area contributed by atoms with Crippen LogP contribution in [0.5, 0.6) is 0 Å². The Morgan fingerprint density at radius 1 is 1.12 bits per heavy atom. The second kappa shape index (κ2) is 8.43. The Labute approximate surface area is 152 Å². The molecule has 0 amide bonds. The molecule has 25 heavy (non-hydrogen) atoms. The van der Waals surface area contributed by atoms with Crippen LogP contribution >= 0.6 is 11.6 Å². The van der Waals surface area contributed by atoms with Gasteiger partial charge in [-0.2, -0.15) is 0 Å². The number of nitrogens with zero attached hydrogens (tertiary/aromatic N) is 1. The maximum absolute atomic E-state index is 11.0. The third kappa shape index (κ3) is 5.01. The number of rotatable bonds is 6. The summed E-state index contributed by atoms with van der Waals surface area (Å²) in [5.74, 6) is 0. The highest BCUT2D eigenvalue weighted by molar-refractivity contribution is 6.32. The van der Waals surface area contributed by atoms with Crippen molar-refractivity contribution in [1.82, 2.24) is 0 Å². The number of hydrogen-bond donors (Lipinski definition) is 2. The fourth-order valence-electron chi connectivity index (χ4n) is 3.47. The highest BCUT2D eigenvalue weighted by Gasteiger charge is 2.24. The molecule has 0 spiro atoms.